The number of aromatic nitrogens is 2. The predicted molar refractivity (Wildman–Crippen MR) is 120 cm³/mol. The van der Waals surface area contributed by atoms with E-state index in [1.54, 1.807) is 12.0 Å². The topological polar surface area (TPSA) is 79.7 Å². The molecule has 31 heavy (non-hydrogen) atoms. The molecular formula is C23H27N5O3. The van der Waals surface area contributed by atoms with Crippen LogP contribution in [0.15, 0.2) is 42.5 Å². The lowest BCUT2D eigenvalue weighted by Crippen LogP contribution is -2.57. The van der Waals surface area contributed by atoms with Gasteiger partial charge in [0.25, 0.3) is 0 Å². The molecule has 0 aliphatic carbocycles. The molecule has 0 bridgehead atoms. The van der Waals surface area contributed by atoms with Crippen LogP contribution in [0, 0.1) is 6.92 Å². The van der Waals surface area contributed by atoms with E-state index in [1.165, 1.54) is 0 Å². The van der Waals surface area contributed by atoms with Crippen molar-refractivity contribution in [3.8, 4) is 5.75 Å². The van der Waals surface area contributed by atoms with Crippen molar-refractivity contribution in [1.29, 1.82) is 0 Å². The SMILES string of the molecule is COc1ccccc1N1CCN(CC(=O)Nc2ccc3c(c2)nc(C)n3C)C(C)C1=O. The normalized spacial score (nSPS) is 17.2. The van der Waals surface area contributed by atoms with Gasteiger partial charge in [-0.25, -0.2) is 4.98 Å². The molecule has 1 saturated heterocycles. The summed E-state index contributed by atoms with van der Waals surface area (Å²) in [7, 11) is 3.56. The van der Waals surface area contributed by atoms with E-state index in [0.717, 1.165) is 22.5 Å². The molecule has 1 fully saturated rings. The van der Waals surface area contributed by atoms with E-state index in [-0.39, 0.29) is 18.4 Å². The molecule has 2 heterocycles. The highest BCUT2D eigenvalue weighted by atomic mass is 16.5. The molecule has 0 spiro atoms. The fraction of sp³-hybridized carbons (Fsp3) is 0.348. The van der Waals surface area contributed by atoms with Crippen molar-refractivity contribution >= 4 is 34.2 Å². The number of hydrogen-bond acceptors (Lipinski definition) is 5. The molecule has 1 aliphatic rings. The molecule has 162 valence electrons. The Labute approximate surface area is 181 Å². The average Bonchev–Trinajstić information content (AvgIpc) is 3.04. The summed E-state index contributed by atoms with van der Waals surface area (Å²) in [6.45, 7) is 5.01. The summed E-state index contributed by atoms with van der Waals surface area (Å²) in [6, 6.07) is 12.8. The third-order valence-corrected chi connectivity index (χ3v) is 5.89. The lowest BCUT2D eigenvalue weighted by Gasteiger charge is -2.39. The number of methoxy groups -OCH3 is 1. The largest absolute Gasteiger partial charge is 0.495 e. The number of amides is 2. The number of anilines is 2. The smallest absolute Gasteiger partial charge is 0.244 e. The number of aryl methyl sites for hydroxylation is 2. The zero-order valence-corrected chi connectivity index (χ0v) is 18.3. The van der Waals surface area contributed by atoms with Crippen LogP contribution in [0.1, 0.15) is 12.7 Å². The molecule has 1 N–H and O–H groups in total. The lowest BCUT2D eigenvalue weighted by atomic mass is 10.1. The van der Waals surface area contributed by atoms with Crippen LogP contribution in [0.5, 0.6) is 5.75 Å². The Morgan fingerprint density at radius 1 is 1.23 bits per heavy atom. The van der Waals surface area contributed by atoms with Crippen molar-refractivity contribution < 1.29 is 14.3 Å². The average molecular weight is 422 g/mol. The van der Waals surface area contributed by atoms with Crippen molar-refractivity contribution in [3.05, 3.63) is 48.3 Å². The summed E-state index contributed by atoms with van der Waals surface area (Å²) in [5.41, 5.74) is 3.31. The number of ether oxygens (including phenoxy) is 1. The van der Waals surface area contributed by atoms with E-state index < -0.39 is 6.04 Å². The molecule has 0 saturated carbocycles. The monoisotopic (exact) mass is 421 g/mol. The quantitative estimate of drug-likeness (QED) is 0.685. The molecule has 1 unspecified atom stereocenters. The predicted octanol–water partition coefficient (Wildman–Crippen LogP) is 2.57. The number of piperazine rings is 1. The van der Waals surface area contributed by atoms with Gasteiger partial charge in [0.15, 0.2) is 0 Å². The van der Waals surface area contributed by atoms with Crippen molar-refractivity contribution in [2.45, 2.75) is 19.9 Å². The van der Waals surface area contributed by atoms with Gasteiger partial charge in [0.1, 0.15) is 11.6 Å². The van der Waals surface area contributed by atoms with E-state index in [9.17, 15) is 9.59 Å². The van der Waals surface area contributed by atoms with Gasteiger partial charge in [0.2, 0.25) is 11.8 Å². The molecule has 8 nitrogen and oxygen atoms in total. The lowest BCUT2D eigenvalue weighted by molar-refractivity contribution is -0.127. The number of rotatable bonds is 5. The van der Waals surface area contributed by atoms with Gasteiger partial charge in [0.05, 0.1) is 36.4 Å². The van der Waals surface area contributed by atoms with Crippen molar-refractivity contribution in [2.75, 3.05) is 37.0 Å². The first-order valence-electron chi connectivity index (χ1n) is 10.3. The molecule has 2 amide bonds. The summed E-state index contributed by atoms with van der Waals surface area (Å²) in [4.78, 5) is 33.8. The second-order valence-electron chi connectivity index (χ2n) is 7.78. The van der Waals surface area contributed by atoms with Gasteiger partial charge < -0.3 is 19.5 Å². The Bertz CT molecular complexity index is 1140. The minimum Gasteiger partial charge on any atom is -0.495 e. The summed E-state index contributed by atoms with van der Waals surface area (Å²) in [5.74, 6) is 1.37. The fourth-order valence-corrected chi connectivity index (χ4v) is 4.00. The zero-order chi connectivity index (χ0) is 22.1. The van der Waals surface area contributed by atoms with Gasteiger partial charge >= 0.3 is 0 Å². The summed E-state index contributed by atoms with van der Waals surface area (Å²) < 4.78 is 7.41. The zero-order valence-electron chi connectivity index (χ0n) is 18.3. The van der Waals surface area contributed by atoms with Gasteiger partial charge in [-0.05, 0) is 44.2 Å². The number of nitrogens with zero attached hydrogens (tertiary/aromatic N) is 4. The first-order chi connectivity index (χ1) is 14.9. The van der Waals surface area contributed by atoms with Crippen LogP contribution in [0.3, 0.4) is 0 Å². The van der Waals surface area contributed by atoms with E-state index in [1.807, 2.05) is 72.8 Å². The maximum absolute atomic E-state index is 13.0. The van der Waals surface area contributed by atoms with Crippen LogP contribution >= 0.6 is 0 Å². The fourth-order valence-electron chi connectivity index (χ4n) is 4.00. The standard InChI is InChI=1S/C23H27N5O3/c1-15-23(30)28(20-7-5-6-8-21(20)31-4)12-11-27(15)14-22(29)25-17-9-10-19-18(13-17)24-16(2)26(19)3/h5-10,13,15H,11-12,14H2,1-4H3,(H,25,29). The third kappa shape index (κ3) is 3.98. The number of carbonyl (C=O) groups excluding carboxylic acids is 2. The highest BCUT2D eigenvalue weighted by Crippen LogP contribution is 2.30. The number of nitrogens with one attached hydrogen (secondary N) is 1. The highest BCUT2D eigenvalue weighted by molar-refractivity contribution is 6.00. The Kier molecular flexibility index (Phi) is 5.65. The third-order valence-electron chi connectivity index (χ3n) is 5.89. The summed E-state index contributed by atoms with van der Waals surface area (Å²) >= 11 is 0. The van der Waals surface area contributed by atoms with E-state index >= 15 is 0 Å². The van der Waals surface area contributed by atoms with Crippen LogP contribution in [0.2, 0.25) is 0 Å². The number of fused-ring (bicyclic) bond motifs is 1. The minimum atomic E-state index is -0.412. The molecule has 3 aromatic rings. The van der Waals surface area contributed by atoms with Gasteiger partial charge in [-0.3, -0.25) is 14.5 Å². The van der Waals surface area contributed by atoms with Gasteiger partial charge in [-0.2, -0.15) is 0 Å². The number of carbonyl (C=O) groups is 2. The van der Waals surface area contributed by atoms with Gasteiger partial charge in [0, 0.05) is 25.8 Å². The van der Waals surface area contributed by atoms with E-state index in [4.69, 9.17) is 4.74 Å². The molecule has 1 atom stereocenters. The van der Waals surface area contributed by atoms with Crippen LogP contribution in [0.4, 0.5) is 11.4 Å². The van der Waals surface area contributed by atoms with E-state index in [0.29, 0.717) is 24.5 Å². The van der Waals surface area contributed by atoms with Crippen LogP contribution in [-0.4, -0.2) is 59.1 Å². The second-order valence-corrected chi connectivity index (χ2v) is 7.78. The number of benzene rings is 2. The highest BCUT2D eigenvalue weighted by Gasteiger charge is 2.34. The molecule has 0 radical (unpaired) electrons. The molecule has 8 heteroatoms. The maximum atomic E-state index is 13.0. The Morgan fingerprint density at radius 3 is 2.77 bits per heavy atom. The number of hydrogen-bond donors (Lipinski definition) is 1. The molecule has 1 aromatic heterocycles. The molecule has 2 aromatic carbocycles. The van der Waals surface area contributed by atoms with Crippen molar-refractivity contribution in [3.63, 3.8) is 0 Å². The summed E-state index contributed by atoms with van der Waals surface area (Å²) in [5, 5.41) is 2.93. The van der Waals surface area contributed by atoms with Gasteiger partial charge in [-0.1, -0.05) is 12.1 Å². The Balaban J connectivity index is 1.42. The molecular weight excluding hydrogens is 394 g/mol. The van der Waals surface area contributed by atoms with Crippen molar-refractivity contribution in [2.24, 2.45) is 7.05 Å². The summed E-state index contributed by atoms with van der Waals surface area (Å²) in [6.07, 6.45) is 0. The van der Waals surface area contributed by atoms with Crippen LogP contribution < -0.4 is 15.0 Å². The van der Waals surface area contributed by atoms with Gasteiger partial charge in [-0.15, -0.1) is 0 Å². The van der Waals surface area contributed by atoms with Crippen LogP contribution in [0.25, 0.3) is 11.0 Å². The maximum Gasteiger partial charge on any atom is 0.244 e. The molecule has 4 rings (SSSR count). The first kappa shape index (κ1) is 20.9. The number of para-hydroxylation sites is 2. The Hall–Kier alpha value is -3.39. The molecule has 1 aliphatic heterocycles. The van der Waals surface area contributed by atoms with Crippen molar-refractivity contribution in [1.82, 2.24) is 14.5 Å². The Morgan fingerprint density at radius 2 is 2.00 bits per heavy atom. The first-order valence-corrected chi connectivity index (χ1v) is 10.3. The minimum absolute atomic E-state index is 0.0473. The van der Waals surface area contributed by atoms with Crippen LogP contribution in [-0.2, 0) is 16.6 Å². The van der Waals surface area contributed by atoms with E-state index in [2.05, 4.69) is 10.3 Å². The number of imidazole rings is 1. The second kappa shape index (κ2) is 8.39.